The van der Waals surface area contributed by atoms with Crippen LogP contribution in [0.3, 0.4) is 0 Å². The SMILES string of the molecule is Cn1cncc1C1(O)c2ccc(C#N)c(c2)OCc2cccc(c2)-c2cc(Cl)nc3ccc1cc23. The molecule has 1 N–H and O–H groups in total. The number of nitriles is 1. The topological polar surface area (TPSA) is 84.0 Å². The average Bonchev–Trinajstić information content (AvgIpc) is 3.32. The number of aromatic nitrogens is 3. The molecule has 0 saturated heterocycles. The van der Waals surface area contributed by atoms with Gasteiger partial charge in [-0.3, -0.25) is 0 Å². The largest absolute Gasteiger partial charge is 0.488 e. The summed E-state index contributed by atoms with van der Waals surface area (Å²) in [7, 11) is 1.83. The first-order chi connectivity index (χ1) is 17.0. The lowest BCUT2D eigenvalue weighted by Gasteiger charge is -2.30. The van der Waals surface area contributed by atoms with E-state index in [0.717, 1.165) is 27.6 Å². The number of hydrogen-bond acceptors (Lipinski definition) is 5. The molecule has 7 heteroatoms. The number of hydrogen-bond donors (Lipinski definition) is 1. The quantitative estimate of drug-likeness (QED) is 0.329. The van der Waals surface area contributed by atoms with E-state index in [1.165, 1.54) is 0 Å². The molecule has 0 amide bonds. The van der Waals surface area contributed by atoms with Crippen LogP contribution >= 0.6 is 11.6 Å². The van der Waals surface area contributed by atoms with Crippen molar-refractivity contribution in [2.45, 2.75) is 12.2 Å². The first-order valence-electron chi connectivity index (χ1n) is 11.0. The summed E-state index contributed by atoms with van der Waals surface area (Å²) >= 11 is 6.40. The van der Waals surface area contributed by atoms with Crippen LogP contribution in [0.25, 0.3) is 22.0 Å². The minimum absolute atomic E-state index is 0.260. The Bertz CT molecular complexity index is 1670. The van der Waals surface area contributed by atoms with Crippen molar-refractivity contribution in [1.29, 1.82) is 5.26 Å². The minimum atomic E-state index is -1.57. The number of pyridine rings is 1. The molecule has 0 aliphatic carbocycles. The van der Waals surface area contributed by atoms with Crippen molar-refractivity contribution < 1.29 is 9.84 Å². The summed E-state index contributed by atoms with van der Waals surface area (Å²) in [6.45, 7) is 0.260. The second-order valence-corrected chi connectivity index (χ2v) is 9.02. The lowest BCUT2D eigenvalue weighted by atomic mass is 9.82. The van der Waals surface area contributed by atoms with Gasteiger partial charge in [0.2, 0.25) is 0 Å². The first kappa shape index (κ1) is 21.4. The number of imidazole rings is 1. The van der Waals surface area contributed by atoms with Crippen LogP contribution in [0.2, 0.25) is 5.15 Å². The van der Waals surface area contributed by atoms with Crippen LogP contribution in [0.1, 0.15) is 27.9 Å². The van der Waals surface area contributed by atoms with Gasteiger partial charge in [-0.2, -0.15) is 5.26 Å². The van der Waals surface area contributed by atoms with Crippen LogP contribution in [-0.2, 0) is 19.3 Å². The molecule has 1 atom stereocenters. The van der Waals surface area contributed by atoms with Crippen molar-refractivity contribution in [3.63, 3.8) is 0 Å². The van der Waals surface area contributed by atoms with E-state index < -0.39 is 5.60 Å². The van der Waals surface area contributed by atoms with E-state index in [-0.39, 0.29) is 6.61 Å². The maximum atomic E-state index is 12.4. The molecule has 2 aromatic heterocycles. The Morgan fingerprint density at radius 2 is 1.91 bits per heavy atom. The monoisotopic (exact) mass is 478 g/mol. The zero-order valence-corrected chi connectivity index (χ0v) is 19.5. The van der Waals surface area contributed by atoms with Gasteiger partial charge >= 0.3 is 0 Å². The predicted molar refractivity (Wildman–Crippen MR) is 133 cm³/mol. The lowest BCUT2D eigenvalue weighted by molar-refractivity contribution is 0.117. The number of aryl methyl sites for hydroxylation is 1. The Labute approximate surface area is 206 Å². The van der Waals surface area contributed by atoms with Crippen molar-refractivity contribution in [2.24, 2.45) is 7.05 Å². The summed E-state index contributed by atoms with van der Waals surface area (Å²) in [6.07, 6.45) is 3.29. The summed E-state index contributed by atoms with van der Waals surface area (Å²) in [4.78, 5) is 8.78. The molecular formula is C28H19ClN4O2. The van der Waals surface area contributed by atoms with Gasteiger partial charge < -0.3 is 14.4 Å². The summed E-state index contributed by atoms with van der Waals surface area (Å²) in [6, 6.07) is 22.8. The molecule has 6 nitrogen and oxygen atoms in total. The van der Waals surface area contributed by atoms with Crippen molar-refractivity contribution in [3.8, 4) is 22.9 Å². The summed E-state index contributed by atoms with van der Waals surface area (Å²) < 4.78 is 7.91. The number of ether oxygens (including phenoxy) is 1. The van der Waals surface area contributed by atoms with Gasteiger partial charge in [0.25, 0.3) is 0 Å². The van der Waals surface area contributed by atoms with Crippen LogP contribution in [0.4, 0.5) is 0 Å². The normalized spacial score (nSPS) is 16.6. The van der Waals surface area contributed by atoms with Gasteiger partial charge in [0.1, 0.15) is 23.6 Å². The zero-order valence-electron chi connectivity index (χ0n) is 18.7. The molecule has 170 valence electrons. The lowest BCUT2D eigenvalue weighted by Crippen LogP contribution is -2.31. The molecule has 3 aromatic carbocycles. The molecule has 1 aliphatic rings. The fourth-order valence-electron chi connectivity index (χ4n) is 4.77. The van der Waals surface area contributed by atoms with Gasteiger partial charge in [-0.25, -0.2) is 9.97 Å². The van der Waals surface area contributed by atoms with E-state index in [9.17, 15) is 10.4 Å². The summed E-state index contributed by atoms with van der Waals surface area (Å²) in [5, 5.41) is 23.4. The fourth-order valence-corrected chi connectivity index (χ4v) is 4.97. The van der Waals surface area contributed by atoms with Crippen LogP contribution in [-0.4, -0.2) is 19.6 Å². The Morgan fingerprint density at radius 3 is 2.71 bits per heavy atom. The van der Waals surface area contributed by atoms with E-state index in [4.69, 9.17) is 16.3 Å². The van der Waals surface area contributed by atoms with Gasteiger partial charge in [-0.1, -0.05) is 41.9 Å². The molecule has 6 rings (SSSR count). The van der Waals surface area contributed by atoms with Crippen molar-refractivity contribution >= 4 is 22.5 Å². The molecule has 0 fully saturated rings. The van der Waals surface area contributed by atoms with Gasteiger partial charge in [-0.15, -0.1) is 0 Å². The Kier molecular flexibility index (Phi) is 4.85. The standard InChI is InChI=1S/C28H19ClN4O2/c1-33-16-31-14-26(33)28(34)20-7-8-24-23(10-20)22(12-27(29)32-24)18-4-2-3-17(9-18)15-35-25-11-21(28)6-5-19(25)13-30/h2-12,14,16,34H,15H2,1H3. The molecule has 35 heavy (non-hydrogen) atoms. The molecule has 3 heterocycles. The van der Waals surface area contributed by atoms with Gasteiger partial charge in [0, 0.05) is 12.4 Å². The van der Waals surface area contributed by atoms with E-state index in [1.807, 2.05) is 55.6 Å². The summed E-state index contributed by atoms with van der Waals surface area (Å²) in [5.74, 6) is 0.401. The molecule has 0 saturated carbocycles. The van der Waals surface area contributed by atoms with Gasteiger partial charge in [0.15, 0.2) is 5.60 Å². The highest BCUT2D eigenvalue weighted by Crippen LogP contribution is 2.41. The van der Waals surface area contributed by atoms with Crippen LogP contribution < -0.4 is 4.74 Å². The van der Waals surface area contributed by atoms with E-state index >= 15 is 0 Å². The van der Waals surface area contributed by atoms with Crippen LogP contribution in [0.15, 0.2) is 79.3 Å². The van der Waals surface area contributed by atoms with Crippen molar-refractivity contribution in [1.82, 2.24) is 14.5 Å². The van der Waals surface area contributed by atoms with E-state index in [2.05, 4.69) is 16.0 Å². The maximum absolute atomic E-state index is 12.4. The summed E-state index contributed by atoms with van der Waals surface area (Å²) in [5.41, 5.74) is 4.10. The van der Waals surface area contributed by atoms with Crippen LogP contribution in [0.5, 0.6) is 5.75 Å². The highest BCUT2D eigenvalue weighted by atomic mass is 35.5. The van der Waals surface area contributed by atoms with Crippen molar-refractivity contribution in [2.75, 3.05) is 0 Å². The number of halogens is 1. The third-order valence-corrected chi connectivity index (χ3v) is 6.73. The van der Waals surface area contributed by atoms with Crippen LogP contribution in [0, 0.1) is 11.3 Å². The highest BCUT2D eigenvalue weighted by molar-refractivity contribution is 6.30. The molecule has 6 bridgehead atoms. The Hall–Kier alpha value is -4.18. The molecule has 0 spiro atoms. The van der Waals surface area contributed by atoms with Crippen molar-refractivity contribution in [3.05, 3.63) is 112 Å². The molecule has 5 aromatic rings. The molecule has 0 radical (unpaired) electrons. The molecule has 1 aliphatic heterocycles. The average molecular weight is 479 g/mol. The maximum Gasteiger partial charge on any atom is 0.157 e. The van der Waals surface area contributed by atoms with E-state index in [1.54, 1.807) is 35.3 Å². The minimum Gasteiger partial charge on any atom is -0.488 e. The second-order valence-electron chi connectivity index (χ2n) is 8.64. The smallest absolute Gasteiger partial charge is 0.157 e. The second kappa shape index (κ2) is 7.95. The molecular weight excluding hydrogens is 460 g/mol. The fraction of sp³-hybridized carbons (Fsp3) is 0.107. The number of fused-ring (bicyclic) bond motifs is 6. The Morgan fingerprint density at radius 1 is 1.09 bits per heavy atom. The highest BCUT2D eigenvalue weighted by Gasteiger charge is 2.37. The number of benzene rings is 3. The number of nitrogens with zero attached hydrogens (tertiary/aromatic N) is 4. The van der Waals surface area contributed by atoms with Gasteiger partial charge in [-0.05, 0) is 64.2 Å². The third kappa shape index (κ3) is 3.36. The number of aliphatic hydroxyl groups is 1. The van der Waals surface area contributed by atoms with E-state index in [0.29, 0.717) is 33.3 Å². The number of rotatable bonds is 1. The zero-order chi connectivity index (χ0) is 24.2. The predicted octanol–water partition coefficient (Wildman–Crippen LogP) is 5.34. The third-order valence-electron chi connectivity index (χ3n) is 6.53. The Balaban J connectivity index is 1.74. The first-order valence-corrected chi connectivity index (χ1v) is 11.4. The van der Waals surface area contributed by atoms with Gasteiger partial charge in [0.05, 0.1) is 29.3 Å². The molecule has 1 unspecified atom stereocenters.